The van der Waals surface area contributed by atoms with Crippen LogP contribution < -0.4 is 11.1 Å². The Bertz CT molecular complexity index is 429. The van der Waals surface area contributed by atoms with Crippen molar-refractivity contribution in [1.29, 1.82) is 0 Å². The number of rotatable bonds is 0. The zero-order valence-electron chi connectivity index (χ0n) is 7.40. The predicted octanol–water partition coefficient (Wildman–Crippen LogP) is 1.09. The van der Waals surface area contributed by atoms with Crippen LogP contribution in [0.2, 0.25) is 0 Å². The number of amides is 1. The molecule has 0 bridgehead atoms. The molecule has 1 aromatic carbocycles. The Balaban J connectivity index is 2.71. The number of hydrogen-bond donors (Lipinski definition) is 2. The average molecular weight is 198 g/mol. The maximum absolute atomic E-state index is 13.2. The standard InChI is InChI=1S/C9H8F2N2O/c1-9(12)5-2-4(10)3-6(11)7(5)13-8(9)14/h2-3H,12H2,1H3,(H,13,14)/t9-/m1/s1. The van der Waals surface area contributed by atoms with E-state index in [1.54, 1.807) is 0 Å². The van der Waals surface area contributed by atoms with E-state index in [0.29, 0.717) is 6.07 Å². The summed E-state index contributed by atoms with van der Waals surface area (Å²) in [6, 6.07) is 1.77. The van der Waals surface area contributed by atoms with Gasteiger partial charge in [0.05, 0.1) is 5.69 Å². The number of hydrogen-bond acceptors (Lipinski definition) is 2. The summed E-state index contributed by atoms with van der Waals surface area (Å²) in [4.78, 5) is 11.3. The molecule has 14 heavy (non-hydrogen) atoms. The molecule has 5 heteroatoms. The summed E-state index contributed by atoms with van der Waals surface area (Å²) in [6.45, 7) is 1.41. The van der Waals surface area contributed by atoms with Crippen LogP contribution in [-0.4, -0.2) is 5.91 Å². The van der Waals surface area contributed by atoms with E-state index in [2.05, 4.69) is 5.32 Å². The molecular formula is C9H8F2N2O. The molecule has 0 unspecified atom stereocenters. The number of carbonyl (C=O) groups excluding carboxylic acids is 1. The Hall–Kier alpha value is -1.49. The molecule has 3 nitrogen and oxygen atoms in total. The smallest absolute Gasteiger partial charge is 0.248 e. The van der Waals surface area contributed by atoms with Crippen molar-refractivity contribution in [3.05, 3.63) is 29.3 Å². The van der Waals surface area contributed by atoms with Crippen LogP contribution in [0.25, 0.3) is 0 Å². The summed E-state index contributed by atoms with van der Waals surface area (Å²) in [6.07, 6.45) is 0. The van der Waals surface area contributed by atoms with E-state index < -0.39 is 23.1 Å². The third-order valence-electron chi connectivity index (χ3n) is 2.32. The molecule has 0 saturated heterocycles. The van der Waals surface area contributed by atoms with Gasteiger partial charge in [0.15, 0.2) is 0 Å². The van der Waals surface area contributed by atoms with Gasteiger partial charge < -0.3 is 11.1 Å². The Labute approximate surface area is 78.9 Å². The molecule has 0 aliphatic carbocycles. The molecule has 0 radical (unpaired) electrons. The van der Waals surface area contributed by atoms with Gasteiger partial charge >= 0.3 is 0 Å². The fourth-order valence-electron chi connectivity index (χ4n) is 1.48. The topological polar surface area (TPSA) is 55.1 Å². The molecule has 1 atom stereocenters. The van der Waals surface area contributed by atoms with Crippen LogP contribution in [-0.2, 0) is 10.3 Å². The van der Waals surface area contributed by atoms with Gasteiger partial charge in [0, 0.05) is 11.6 Å². The van der Waals surface area contributed by atoms with Crippen molar-refractivity contribution in [1.82, 2.24) is 0 Å². The molecule has 1 heterocycles. The van der Waals surface area contributed by atoms with Gasteiger partial charge in [-0.25, -0.2) is 8.78 Å². The lowest BCUT2D eigenvalue weighted by Gasteiger charge is -2.14. The summed E-state index contributed by atoms with van der Waals surface area (Å²) in [5.41, 5.74) is 4.39. The molecule has 3 N–H and O–H groups in total. The highest BCUT2D eigenvalue weighted by Gasteiger charge is 2.41. The van der Waals surface area contributed by atoms with Crippen LogP contribution in [0.3, 0.4) is 0 Å². The fraction of sp³-hybridized carbons (Fsp3) is 0.222. The van der Waals surface area contributed by atoms with Crippen molar-refractivity contribution in [3.63, 3.8) is 0 Å². The van der Waals surface area contributed by atoms with Gasteiger partial charge in [0.25, 0.3) is 0 Å². The van der Waals surface area contributed by atoms with E-state index in [1.165, 1.54) is 6.92 Å². The monoisotopic (exact) mass is 198 g/mol. The molecule has 1 aliphatic rings. The number of anilines is 1. The third kappa shape index (κ3) is 1.02. The second-order valence-corrected chi connectivity index (χ2v) is 3.47. The molecule has 1 aromatic rings. The number of carbonyl (C=O) groups is 1. The van der Waals surface area contributed by atoms with Crippen LogP contribution in [0.1, 0.15) is 12.5 Å². The summed E-state index contributed by atoms with van der Waals surface area (Å²) in [5, 5.41) is 2.28. The van der Waals surface area contributed by atoms with Gasteiger partial charge in [-0.3, -0.25) is 4.79 Å². The minimum Gasteiger partial charge on any atom is -0.321 e. The highest BCUT2D eigenvalue weighted by molar-refractivity contribution is 6.05. The Morgan fingerprint density at radius 3 is 2.71 bits per heavy atom. The minimum atomic E-state index is -1.36. The number of nitrogens with two attached hydrogens (primary N) is 1. The second kappa shape index (κ2) is 2.51. The van der Waals surface area contributed by atoms with Crippen LogP contribution >= 0.6 is 0 Å². The van der Waals surface area contributed by atoms with Crippen molar-refractivity contribution in [2.75, 3.05) is 5.32 Å². The first kappa shape index (κ1) is 9.08. The SMILES string of the molecule is C[C@]1(N)C(=O)Nc2c(F)cc(F)cc21. The lowest BCUT2D eigenvalue weighted by atomic mass is 9.95. The summed E-state index contributed by atoms with van der Waals surface area (Å²) in [5.74, 6) is -2.08. The van der Waals surface area contributed by atoms with E-state index >= 15 is 0 Å². The molecule has 0 aromatic heterocycles. The van der Waals surface area contributed by atoms with Crippen molar-refractivity contribution in [2.24, 2.45) is 5.73 Å². The van der Waals surface area contributed by atoms with Gasteiger partial charge in [0.2, 0.25) is 5.91 Å². The summed E-state index contributed by atoms with van der Waals surface area (Å²) < 4.78 is 26.0. The lowest BCUT2D eigenvalue weighted by Crippen LogP contribution is -2.40. The lowest BCUT2D eigenvalue weighted by molar-refractivity contribution is -0.120. The van der Waals surface area contributed by atoms with E-state index in [9.17, 15) is 13.6 Å². The van der Waals surface area contributed by atoms with Gasteiger partial charge in [-0.1, -0.05) is 0 Å². The molecule has 0 spiro atoms. The molecule has 1 amide bonds. The number of benzene rings is 1. The van der Waals surface area contributed by atoms with Crippen LogP contribution in [0.4, 0.5) is 14.5 Å². The first-order valence-corrected chi connectivity index (χ1v) is 4.03. The normalized spacial score (nSPS) is 24.7. The van der Waals surface area contributed by atoms with E-state index in [0.717, 1.165) is 6.07 Å². The highest BCUT2D eigenvalue weighted by Crippen LogP contribution is 2.36. The number of fused-ring (bicyclic) bond motifs is 1. The van der Waals surface area contributed by atoms with E-state index in [-0.39, 0.29) is 11.3 Å². The van der Waals surface area contributed by atoms with Crippen LogP contribution in [0.15, 0.2) is 12.1 Å². The van der Waals surface area contributed by atoms with E-state index in [1.807, 2.05) is 0 Å². The summed E-state index contributed by atoms with van der Waals surface area (Å²) in [7, 11) is 0. The largest absolute Gasteiger partial charge is 0.321 e. The molecule has 2 rings (SSSR count). The van der Waals surface area contributed by atoms with Gasteiger partial charge in [-0.15, -0.1) is 0 Å². The third-order valence-corrected chi connectivity index (χ3v) is 2.32. The maximum atomic E-state index is 13.2. The highest BCUT2D eigenvalue weighted by atomic mass is 19.1. The molecule has 1 aliphatic heterocycles. The quantitative estimate of drug-likeness (QED) is 0.655. The summed E-state index contributed by atoms with van der Waals surface area (Å²) >= 11 is 0. The fourth-order valence-corrected chi connectivity index (χ4v) is 1.48. The van der Waals surface area contributed by atoms with Crippen molar-refractivity contribution >= 4 is 11.6 Å². The molecule has 0 saturated carbocycles. The number of nitrogens with one attached hydrogen (secondary N) is 1. The van der Waals surface area contributed by atoms with Crippen molar-refractivity contribution < 1.29 is 13.6 Å². The predicted molar refractivity (Wildman–Crippen MR) is 46.5 cm³/mol. The minimum absolute atomic E-state index is 0.0265. The molecule has 0 fully saturated rings. The van der Waals surface area contributed by atoms with Gasteiger partial charge in [0.1, 0.15) is 17.2 Å². The first-order chi connectivity index (χ1) is 6.43. The van der Waals surface area contributed by atoms with Gasteiger partial charge in [-0.2, -0.15) is 0 Å². The average Bonchev–Trinajstić information content (AvgIpc) is 2.28. The maximum Gasteiger partial charge on any atom is 0.248 e. The van der Waals surface area contributed by atoms with Crippen molar-refractivity contribution in [3.8, 4) is 0 Å². The molecular weight excluding hydrogens is 190 g/mol. The zero-order valence-corrected chi connectivity index (χ0v) is 7.40. The second-order valence-electron chi connectivity index (χ2n) is 3.47. The van der Waals surface area contributed by atoms with E-state index in [4.69, 9.17) is 5.73 Å². The first-order valence-electron chi connectivity index (χ1n) is 4.03. The van der Waals surface area contributed by atoms with Crippen molar-refractivity contribution in [2.45, 2.75) is 12.5 Å². The van der Waals surface area contributed by atoms with Crippen LogP contribution in [0, 0.1) is 11.6 Å². The zero-order chi connectivity index (χ0) is 10.5. The Kier molecular flexibility index (Phi) is 1.63. The van der Waals surface area contributed by atoms with Gasteiger partial charge in [-0.05, 0) is 13.0 Å². The molecule has 74 valence electrons. The van der Waals surface area contributed by atoms with Crippen LogP contribution in [0.5, 0.6) is 0 Å². The number of halogens is 2. The Morgan fingerprint density at radius 1 is 1.43 bits per heavy atom. The Morgan fingerprint density at radius 2 is 2.07 bits per heavy atom.